The number of carbonyl (C=O) groups is 1. The van der Waals surface area contributed by atoms with E-state index in [0.717, 1.165) is 16.4 Å². The van der Waals surface area contributed by atoms with Gasteiger partial charge in [0, 0.05) is 23.3 Å². The van der Waals surface area contributed by atoms with Gasteiger partial charge >= 0.3 is 5.69 Å². The maximum absolute atomic E-state index is 12.5. The van der Waals surface area contributed by atoms with E-state index in [1.165, 1.54) is 12.3 Å². The summed E-state index contributed by atoms with van der Waals surface area (Å²) in [4.78, 5) is 41.7. The minimum atomic E-state index is -0.732. The molecule has 2 aromatic heterocycles. The van der Waals surface area contributed by atoms with Crippen LogP contribution in [0.4, 0.5) is 0 Å². The van der Waals surface area contributed by atoms with Crippen LogP contribution in [0.2, 0.25) is 5.02 Å². The third kappa shape index (κ3) is 4.29. The van der Waals surface area contributed by atoms with E-state index in [-0.39, 0.29) is 11.7 Å². The number of aromatic amines is 1. The van der Waals surface area contributed by atoms with E-state index in [4.69, 9.17) is 11.6 Å². The van der Waals surface area contributed by atoms with Crippen LogP contribution in [-0.4, -0.2) is 32.2 Å². The molecule has 0 aliphatic rings. The molecule has 138 valence electrons. The van der Waals surface area contributed by atoms with Gasteiger partial charge in [-0.15, -0.1) is 0 Å². The number of amides is 1. The van der Waals surface area contributed by atoms with Crippen molar-refractivity contribution in [3.8, 4) is 5.82 Å². The third-order valence-corrected chi connectivity index (χ3v) is 4.27. The van der Waals surface area contributed by atoms with E-state index in [0.29, 0.717) is 29.1 Å². The standard InChI is InChI=1S/C18H16ClN5O3/c1-11-9-21-15(24-18(27)23-16(25)10-22-24)8-13(11)17(26)20-7-6-12-4-2-3-5-14(12)19/h2-5,8-10H,6-7H2,1H3,(H,20,26)(H,23,25,27). The second-order valence-corrected chi connectivity index (χ2v) is 6.21. The molecule has 1 amide bonds. The van der Waals surface area contributed by atoms with Crippen molar-refractivity contribution in [2.45, 2.75) is 13.3 Å². The van der Waals surface area contributed by atoms with E-state index >= 15 is 0 Å². The lowest BCUT2D eigenvalue weighted by atomic mass is 10.1. The van der Waals surface area contributed by atoms with Crippen LogP contribution in [0.25, 0.3) is 5.82 Å². The number of nitrogens with one attached hydrogen (secondary N) is 2. The van der Waals surface area contributed by atoms with E-state index < -0.39 is 11.2 Å². The Morgan fingerprint density at radius 1 is 1.26 bits per heavy atom. The number of rotatable bonds is 5. The number of halogens is 1. The number of benzene rings is 1. The molecular weight excluding hydrogens is 370 g/mol. The number of aryl methyl sites for hydroxylation is 1. The Bertz CT molecular complexity index is 1110. The van der Waals surface area contributed by atoms with Gasteiger partial charge in [-0.05, 0) is 36.6 Å². The minimum absolute atomic E-state index is 0.137. The van der Waals surface area contributed by atoms with Crippen LogP contribution in [0.5, 0.6) is 0 Å². The van der Waals surface area contributed by atoms with Gasteiger partial charge in [-0.2, -0.15) is 9.78 Å². The summed E-state index contributed by atoms with van der Waals surface area (Å²) >= 11 is 6.11. The van der Waals surface area contributed by atoms with Crippen molar-refractivity contribution >= 4 is 17.5 Å². The maximum Gasteiger partial charge on any atom is 0.351 e. The van der Waals surface area contributed by atoms with Gasteiger partial charge in [0.05, 0.1) is 0 Å². The van der Waals surface area contributed by atoms with Gasteiger partial charge < -0.3 is 5.32 Å². The highest BCUT2D eigenvalue weighted by atomic mass is 35.5. The van der Waals surface area contributed by atoms with Gasteiger partial charge in [-0.25, -0.2) is 9.78 Å². The lowest BCUT2D eigenvalue weighted by Crippen LogP contribution is -2.31. The zero-order chi connectivity index (χ0) is 19.4. The first-order valence-corrected chi connectivity index (χ1v) is 8.51. The molecule has 0 unspecified atom stereocenters. The smallest absolute Gasteiger partial charge is 0.351 e. The number of hydrogen-bond donors (Lipinski definition) is 2. The number of pyridine rings is 1. The molecule has 1 aromatic carbocycles. The summed E-state index contributed by atoms with van der Waals surface area (Å²) in [6.07, 6.45) is 3.02. The zero-order valence-corrected chi connectivity index (χ0v) is 15.2. The summed E-state index contributed by atoms with van der Waals surface area (Å²) < 4.78 is 0.918. The number of nitrogens with zero attached hydrogens (tertiary/aromatic N) is 3. The highest BCUT2D eigenvalue weighted by molar-refractivity contribution is 6.31. The van der Waals surface area contributed by atoms with Crippen LogP contribution >= 0.6 is 11.6 Å². The second kappa shape index (κ2) is 7.96. The number of hydrogen-bond acceptors (Lipinski definition) is 5. The van der Waals surface area contributed by atoms with Crippen molar-refractivity contribution in [1.82, 2.24) is 25.1 Å². The fraction of sp³-hybridized carbons (Fsp3) is 0.167. The average molecular weight is 386 g/mol. The normalized spacial score (nSPS) is 10.6. The van der Waals surface area contributed by atoms with Crippen molar-refractivity contribution in [3.63, 3.8) is 0 Å². The molecule has 9 heteroatoms. The summed E-state index contributed by atoms with van der Waals surface area (Å²) in [5.74, 6) is -0.168. The zero-order valence-electron chi connectivity index (χ0n) is 14.4. The molecule has 0 saturated heterocycles. The third-order valence-electron chi connectivity index (χ3n) is 3.90. The Hall–Kier alpha value is -3.26. The molecule has 3 aromatic rings. The molecule has 2 heterocycles. The Labute approximate surface area is 158 Å². The molecule has 0 radical (unpaired) electrons. The van der Waals surface area contributed by atoms with Gasteiger partial charge in [-0.3, -0.25) is 14.6 Å². The molecule has 0 saturated carbocycles. The Balaban J connectivity index is 1.77. The van der Waals surface area contributed by atoms with Crippen molar-refractivity contribution in [2.24, 2.45) is 0 Å². The molecule has 8 nitrogen and oxygen atoms in total. The van der Waals surface area contributed by atoms with E-state index in [1.807, 2.05) is 18.2 Å². The SMILES string of the molecule is Cc1cnc(-n2ncc(=O)[nH]c2=O)cc1C(=O)NCCc1ccccc1Cl. The predicted octanol–water partition coefficient (Wildman–Crippen LogP) is 1.25. The van der Waals surface area contributed by atoms with Crippen molar-refractivity contribution in [3.05, 3.63) is 85.3 Å². The highest BCUT2D eigenvalue weighted by Gasteiger charge is 2.13. The molecular formula is C18H16ClN5O3. The van der Waals surface area contributed by atoms with Crippen molar-refractivity contribution in [1.29, 1.82) is 0 Å². The predicted molar refractivity (Wildman–Crippen MR) is 100 cm³/mol. The van der Waals surface area contributed by atoms with Crippen LogP contribution < -0.4 is 16.6 Å². The van der Waals surface area contributed by atoms with Gasteiger partial charge in [0.1, 0.15) is 6.20 Å². The summed E-state index contributed by atoms with van der Waals surface area (Å²) in [7, 11) is 0. The average Bonchev–Trinajstić information content (AvgIpc) is 2.64. The topological polar surface area (TPSA) is 110 Å². The first-order chi connectivity index (χ1) is 13.0. The van der Waals surface area contributed by atoms with Crippen molar-refractivity contribution in [2.75, 3.05) is 6.54 Å². The van der Waals surface area contributed by atoms with E-state index in [2.05, 4.69) is 20.4 Å². The van der Waals surface area contributed by atoms with Crippen LogP contribution in [-0.2, 0) is 6.42 Å². The number of aromatic nitrogens is 4. The Morgan fingerprint density at radius 3 is 2.78 bits per heavy atom. The lowest BCUT2D eigenvalue weighted by molar-refractivity contribution is 0.0953. The quantitative estimate of drug-likeness (QED) is 0.686. The van der Waals surface area contributed by atoms with Crippen LogP contribution in [0.15, 0.2) is 52.3 Å². The molecule has 0 aliphatic carbocycles. The maximum atomic E-state index is 12.5. The largest absolute Gasteiger partial charge is 0.352 e. The molecule has 0 bridgehead atoms. The van der Waals surface area contributed by atoms with Gasteiger partial charge in [0.15, 0.2) is 5.82 Å². The van der Waals surface area contributed by atoms with Gasteiger partial charge in [0.2, 0.25) is 0 Å². The number of H-pyrrole nitrogens is 1. The molecule has 0 atom stereocenters. The summed E-state index contributed by atoms with van der Waals surface area (Å²) in [6.45, 7) is 2.14. The van der Waals surface area contributed by atoms with Crippen LogP contribution in [0.3, 0.4) is 0 Å². The molecule has 27 heavy (non-hydrogen) atoms. The van der Waals surface area contributed by atoms with Gasteiger partial charge in [0.25, 0.3) is 11.5 Å². The molecule has 0 spiro atoms. The molecule has 2 N–H and O–H groups in total. The Morgan fingerprint density at radius 2 is 2.04 bits per heavy atom. The molecule has 0 aliphatic heterocycles. The fourth-order valence-corrected chi connectivity index (χ4v) is 2.73. The summed E-state index contributed by atoms with van der Waals surface area (Å²) in [5, 5.41) is 7.22. The van der Waals surface area contributed by atoms with Gasteiger partial charge in [-0.1, -0.05) is 29.8 Å². The van der Waals surface area contributed by atoms with E-state index in [9.17, 15) is 14.4 Å². The van der Waals surface area contributed by atoms with Crippen LogP contribution in [0, 0.1) is 6.92 Å². The molecule has 0 fully saturated rings. The highest BCUT2D eigenvalue weighted by Crippen LogP contribution is 2.15. The fourth-order valence-electron chi connectivity index (χ4n) is 2.50. The Kier molecular flexibility index (Phi) is 5.46. The van der Waals surface area contributed by atoms with Crippen molar-refractivity contribution < 1.29 is 4.79 Å². The van der Waals surface area contributed by atoms with E-state index in [1.54, 1.807) is 13.0 Å². The van der Waals surface area contributed by atoms with Crippen LogP contribution in [0.1, 0.15) is 21.5 Å². The minimum Gasteiger partial charge on any atom is -0.352 e. The summed E-state index contributed by atoms with van der Waals surface area (Å²) in [5.41, 5.74) is 0.603. The monoisotopic (exact) mass is 385 g/mol. The first kappa shape index (κ1) is 18.5. The lowest BCUT2D eigenvalue weighted by Gasteiger charge is -2.10. The molecule has 3 rings (SSSR count). The second-order valence-electron chi connectivity index (χ2n) is 5.81. The summed E-state index contributed by atoms with van der Waals surface area (Å²) in [6, 6.07) is 8.88. The first-order valence-electron chi connectivity index (χ1n) is 8.13. The number of carbonyl (C=O) groups excluding carboxylic acids is 1.